The number of halogens is 1. The van der Waals surface area contributed by atoms with Crippen LogP contribution in [0.4, 0.5) is 5.69 Å². The van der Waals surface area contributed by atoms with Gasteiger partial charge in [-0.25, -0.2) is 14.6 Å². The zero-order valence-electron chi connectivity index (χ0n) is 17.2. The minimum atomic E-state index is -1.16. The number of hydrogen-bond acceptors (Lipinski definition) is 6. The smallest absolute Gasteiger partial charge is 0.338 e. The molecule has 4 aromatic rings. The van der Waals surface area contributed by atoms with Crippen molar-refractivity contribution < 1.29 is 24.2 Å². The van der Waals surface area contributed by atoms with E-state index in [-0.39, 0.29) is 21.8 Å². The first-order valence-electron chi connectivity index (χ1n) is 9.76. The highest BCUT2D eigenvalue weighted by atomic mass is 35.5. The number of benzene rings is 2. The van der Waals surface area contributed by atoms with Crippen LogP contribution in [-0.2, 0) is 9.53 Å². The van der Waals surface area contributed by atoms with Gasteiger partial charge in [0.25, 0.3) is 5.91 Å². The predicted octanol–water partition coefficient (Wildman–Crippen LogP) is 4.16. The standard InChI is InChI=1S/C23H17ClN4O5/c1-12(21(29)28-18-9-13(22(30)31)4-6-16(18)24)33-23(32)14-5-7-17-19(10-14)27-20(26-17)15-3-2-8-25-11-15/h2-12H,1H3,(H,26,27)(H,28,29)(H,30,31). The molecule has 4 rings (SSSR count). The van der Waals surface area contributed by atoms with E-state index in [9.17, 15) is 14.4 Å². The van der Waals surface area contributed by atoms with Crippen molar-refractivity contribution in [2.75, 3.05) is 5.32 Å². The van der Waals surface area contributed by atoms with E-state index in [4.69, 9.17) is 21.4 Å². The summed E-state index contributed by atoms with van der Waals surface area (Å²) in [5, 5.41) is 11.7. The molecule has 33 heavy (non-hydrogen) atoms. The van der Waals surface area contributed by atoms with Crippen LogP contribution in [0.3, 0.4) is 0 Å². The summed E-state index contributed by atoms with van der Waals surface area (Å²) in [6.45, 7) is 1.40. The topological polar surface area (TPSA) is 134 Å². The molecule has 0 radical (unpaired) electrons. The Morgan fingerprint density at radius 1 is 1.12 bits per heavy atom. The molecule has 0 saturated carbocycles. The SMILES string of the molecule is CC(OC(=O)c1ccc2nc(-c3cccnc3)[nH]c2c1)C(=O)Nc1cc(C(=O)O)ccc1Cl. The van der Waals surface area contributed by atoms with Crippen LogP contribution in [0.25, 0.3) is 22.4 Å². The van der Waals surface area contributed by atoms with Crippen molar-refractivity contribution >= 4 is 46.2 Å². The average Bonchev–Trinajstić information content (AvgIpc) is 3.24. The van der Waals surface area contributed by atoms with E-state index in [1.165, 1.54) is 25.1 Å². The number of imidazole rings is 1. The summed E-state index contributed by atoms with van der Waals surface area (Å²) in [6.07, 6.45) is 2.17. The fourth-order valence-electron chi connectivity index (χ4n) is 3.05. The van der Waals surface area contributed by atoms with Crippen molar-refractivity contribution in [1.82, 2.24) is 15.0 Å². The van der Waals surface area contributed by atoms with Crippen molar-refractivity contribution in [3.05, 3.63) is 77.1 Å². The van der Waals surface area contributed by atoms with E-state index in [0.29, 0.717) is 16.9 Å². The van der Waals surface area contributed by atoms with Gasteiger partial charge in [-0.3, -0.25) is 9.78 Å². The summed E-state index contributed by atoms with van der Waals surface area (Å²) in [5.41, 5.74) is 2.37. The second-order valence-corrected chi connectivity index (χ2v) is 7.50. The molecule has 0 aliphatic rings. The fourth-order valence-corrected chi connectivity index (χ4v) is 3.21. The number of aromatic carboxylic acids is 1. The van der Waals surface area contributed by atoms with E-state index >= 15 is 0 Å². The molecule has 166 valence electrons. The molecular weight excluding hydrogens is 448 g/mol. The zero-order valence-corrected chi connectivity index (χ0v) is 18.0. The number of hydrogen-bond donors (Lipinski definition) is 3. The first-order valence-corrected chi connectivity index (χ1v) is 10.1. The highest BCUT2D eigenvalue weighted by molar-refractivity contribution is 6.34. The number of fused-ring (bicyclic) bond motifs is 1. The highest BCUT2D eigenvalue weighted by Crippen LogP contribution is 2.24. The molecule has 10 heteroatoms. The van der Waals surface area contributed by atoms with Crippen molar-refractivity contribution in [2.24, 2.45) is 0 Å². The second kappa shape index (κ2) is 9.09. The van der Waals surface area contributed by atoms with Gasteiger partial charge in [0.05, 0.1) is 32.9 Å². The Morgan fingerprint density at radius 2 is 1.91 bits per heavy atom. The quantitative estimate of drug-likeness (QED) is 0.364. The molecule has 2 heterocycles. The summed E-state index contributed by atoms with van der Waals surface area (Å²) in [5.74, 6) is -1.92. The number of aromatic nitrogens is 3. The molecule has 9 nitrogen and oxygen atoms in total. The van der Waals surface area contributed by atoms with E-state index in [1.807, 2.05) is 6.07 Å². The molecule has 0 bridgehead atoms. The van der Waals surface area contributed by atoms with Gasteiger partial charge in [0.2, 0.25) is 0 Å². The maximum absolute atomic E-state index is 12.6. The second-order valence-electron chi connectivity index (χ2n) is 7.10. The number of aromatic amines is 1. The minimum absolute atomic E-state index is 0.0436. The lowest BCUT2D eigenvalue weighted by atomic mass is 10.2. The van der Waals surface area contributed by atoms with Gasteiger partial charge in [0.15, 0.2) is 6.10 Å². The number of carboxylic acid groups (broad SMARTS) is 1. The molecule has 0 aliphatic carbocycles. The number of carbonyl (C=O) groups is 3. The Labute approximate surface area is 192 Å². The molecule has 0 spiro atoms. The molecule has 2 aromatic carbocycles. The lowest BCUT2D eigenvalue weighted by Gasteiger charge is -2.14. The molecule has 1 amide bonds. The van der Waals surface area contributed by atoms with Crippen LogP contribution in [0.2, 0.25) is 5.02 Å². The maximum atomic E-state index is 12.6. The molecule has 0 fully saturated rings. The van der Waals surface area contributed by atoms with Gasteiger partial charge < -0.3 is 20.1 Å². The largest absolute Gasteiger partial charge is 0.478 e. The summed E-state index contributed by atoms with van der Waals surface area (Å²) in [7, 11) is 0. The number of rotatable bonds is 6. The Bertz CT molecular complexity index is 1370. The van der Waals surface area contributed by atoms with E-state index < -0.39 is 23.9 Å². The third-order valence-corrected chi connectivity index (χ3v) is 5.11. The van der Waals surface area contributed by atoms with Gasteiger partial charge >= 0.3 is 11.9 Å². The van der Waals surface area contributed by atoms with Gasteiger partial charge in [-0.1, -0.05) is 11.6 Å². The van der Waals surface area contributed by atoms with E-state index in [0.717, 1.165) is 5.56 Å². The van der Waals surface area contributed by atoms with Crippen LogP contribution < -0.4 is 5.32 Å². The number of esters is 1. The van der Waals surface area contributed by atoms with Crippen LogP contribution in [0.1, 0.15) is 27.6 Å². The van der Waals surface area contributed by atoms with E-state index in [2.05, 4.69) is 20.3 Å². The van der Waals surface area contributed by atoms with Crippen molar-refractivity contribution in [3.8, 4) is 11.4 Å². The van der Waals surface area contributed by atoms with Crippen molar-refractivity contribution in [3.63, 3.8) is 0 Å². The van der Waals surface area contributed by atoms with Crippen LogP contribution >= 0.6 is 11.6 Å². The summed E-state index contributed by atoms with van der Waals surface area (Å²) < 4.78 is 5.27. The van der Waals surface area contributed by atoms with Crippen LogP contribution in [0.5, 0.6) is 0 Å². The van der Waals surface area contributed by atoms with E-state index in [1.54, 1.807) is 36.7 Å². The van der Waals surface area contributed by atoms with Gasteiger partial charge in [0.1, 0.15) is 5.82 Å². The number of H-pyrrole nitrogens is 1. The van der Waals surface area contributed by atoms with Gasteiger partial charge in [-0.2, -0.15) is 0 Å². The zero-order chi connectivity index (χ0) is 23.5. The summed E-state index contributed by atoms with van der Waals surface area (Å²) >= 11 is 6.02. The molecule has 0 saturated heterocycles. The van der Waals surface area contributed by atoms with Gasteiger partial charge in [-0.15, -0.1) is 0 Å². The number of amides is 1. The fraction of sp³-hybridized carbons (Fsp3) is 0.0870. The number of carbonyl (C=O) groups excluding carboxylic acids is 2. The molecule has 3 N–H and O–H groups in total. The first-order chi connectivity index (χ1) is 15.8. The van der Waals surface area contributed by atoms with Gasteiger partial charge in [0, 0.05) is 18.0 Å². The number of pyridine rings is 1. The third-order valence-electron chi connectivity index (χ3n) is 4.78. The van der Waals surface area contributed by atoms with Gasteiger partial charge in [-0.05, 0) is 55.5 Å². The van der Waals surface area contributed by atoms with Crippen LogP contribution in [0.15, 0.2) is 60.9 Å². The monoisotopic (exact) mass is 464 g/mol. The Kier molecular flexibility index (Phi) is 6.05. The molecule has 2 aromatic heterocycles. The number of ether oxygens (including phenoxy) is 1. The predicted molar refractivity (Wildman–Crippen MR) is 121 cm³/mol. The minimum Gasteiger partial charge on any atom is -0.478 e. The molecule has 1 unspecified atom stereocenters. The highest BCUT2D eigenvalue weighted by Gasteiger charge is 2.21. The Morgan fingerprint density at radius 3 is 2.64 bits per heavy atom. The normalized spacial score (nSPS) is 11.7. The number of anilines is 1. The summed E-state index contributed by atoms with van der Waals surface area (Å²) in [4.78, 5) is 47.9. The lowest BCUT2D eigenvalue weighted by molar-refractivity contribution is -0.123. The van der Waals surface area contributed by atoms with Crippen molar-refractivity contribution in [2.45, 2.75) is 13.0 Å². The maximum Gasteiger partial charge on any atom is 0.338 e. The Hall–Kier alpha value is -4.24. The lowest BCUT2D eigenvalue weighted by Crippen LogP contribution is -2.30. The van der Waals surface area contributed by atoms with Crippen molar-refractivity contribution in [1.29, 1.82) is 0 Å². The number of nitrogens with one attached hydrogen (secondary N) is 2. The molecule has 0 aliphatic heterocycles. The summed E-state index contributed by atoms with van der Waals surface area (Å²) in [6, 6.07) is 12.4. The number of carboxylic acids is 1. The third kappa shape index (κ3) is 4.83. The first kappa shape index (κ1) is 22.0. The van der Waals surface area contributed by atoms with Crippen LogP contribution in [0, 0.1) is 0 Å². The van der Waals surface area contributed by atoms with Crippen LogP contribution in [-0.4, -0.2) is 44.0 Å². The Balaban J connectivity index is 1.46. The number of nitrogens with zero attached hydrogens (tertiary/aromatic N) is 2. The molecule has 1 atom stereocenters. The molecular formula is C23H17ClN4O5. The average molecular weight is 465 g/mol.